The number of aromatic nitrogens is 1. The summed E-state index contributed by atoms with van der Waals surface area (Å²) in [6.45, 7) is 10.9. The molecule has 0 bridgehead atoms. The average Bonchev–Trinajstić information content (AvgIpc) is 3.24. The highest BCUT2D eigenvalue weighted by Gasteiger charge is 2.20. The van der Waals surface area contributed by atoms with Crippen molar-refractivity contribution in [2.45, 2.75) is 85.7 Å². The van der Waals surface area contributed by atoms with Gasteiger partial charge in [-0.3, -0.25) is 9.59 Å². The van der Waals surface area contributed by atoms with Crippen LogP contribution in [0.3, 0.4) is 0 Å². The molecule has 5 nitrogen and oxygen atoms in total. The zero-order valence-corrected chi connectivity index (χ0v) is 24.6. The fourth-order valence-electron chi connectivity index (χ4n) is 5.07. The van der Waals surface area contributed by atoms with Gasteiger partial charge in [0.2, 0.25) is 0 Å². The fourth-order valence-corrected chi connectivity index (χ4v) is 5.07. The molecule has 0 amide bonds. The molecule has 39 heavy (non-hydrogen) atoms. The highest BCUT2D eigenvalue weighted by atomic mass is 16.5. The molecule has 210 valence electrons. The third-order valence-corrected chi connectivity index (χ3v) is 7.11. The minimum absolute atomic E-state index is 0.00571. The van der Waals surface area contributed by atoms with Crippen molar-refractivity contribution in [2.75, 3.05) is 6.61 Å². The lowest BCUT2D eigenvalue weighted by Gasteiger charge is -2.20. The molecule has 2 aromatic carbocycles. The Hall–Kier alpha value is -3.34. The highest BCUT2D eigenvalue weighted by molar-refractivity contribution is 6.10. The van der Waals surface area contributed by atoms with Crippen LogP contribution in [0.4, 0.5) is 0 Å². The molecule has 3 rings (SSSR count). The van der Waals surface area contributed by atoms with E-state index in [4.69, 9.17) is 9.47 Å². The number of nitrogens with zero attached hydrogens (tertiary/aromatic N) is 1. The molecule has 0 radical (unpaired) electrons. The van der Waals surface area contributed by atoms with Gasteiger partial charge in [0.1, 0.15) is 11.9 Å². The van der Waals surface area contributed by atoms with Gasteiger partial charge in [-0.2, -0.15) is 0 Å². The number of aryl methyl sites for hydroxylation is 1. The van der Waals surface area contributed by atoms with Crippen LogP contribution in [0.15, 0.2) is 54.6 Å². The van der Waals surface area contributed by atoms with Crippen LogP contribution in [0, 0.1) is 5.92 Å². The van der Waals surface area contributed by atoms with Crippen molar-refractivity contribution in [3.05, 3.63) is 88.2 Å². The van der Waals surface area contributed by atoms with E-state index in [9.17, 15) is 9.59 Å². The summed E-state index contributed by atoms with van der Waals surface area (Å²) in [4.78, 5) is 25.4. The maximum absolute atomic E-state index is 13.6. The first-order valence-electron chi connectivity index (χ1n) is 14.5. The Bertz CT molecular complexity index is 1210. The summed E-state index contributed by atoms with van der Waals surface area (Å²) in [5, 5.41) is 0. The zero-order chi connectivity index (χ0) is 28.4. The summed E-state index contributed by atoms with van der Waals surface area (Å²) in [7, 11) is 2.00. The van der Waals surface area contributed by atoms with Crippen LogP contribution in [0.1, 0.15) is 105 Å². The van der Waals surface area contributed by atoms with Gasteiger partial charge in [0.15, 0.2) is 5.78 Å². The highest BCUT2D eigenvalue weighted by Crippen LogP contribution is 2.28. The predicted octanol–water partition coefficient (Wildman–Crippen LogP) is 7.82. The molecule has 1 heterocycles. The van der Waals surface area contributed by atoms with Gasteiger partial charge in [-0.15, -0.1) is 0 Å². The van der Waals surface area contributed by atoms with E-state index in [1.807, 2.05) is 44.3 Å². The van der Waals surface area contributed by atoms with Gasteiger partial charge >= 0.3 is 5.97 Å². The Kier molecular flexibility index (Phi) is 11.4. The molecule has 0 aliphatic rings. The number of benzene rings is 2. The SMILES string of the molecule is CCCC(Oc1ccc(C(=O)c2cc(CC)n(C)c2CCCC(=O)OCC)cc1)c1ccc(CC(C)C)cc1. The Morgan fingerprint density at radius 3 is 2.23 bits per heavy atom. The molecule has 1 atom stereocenters. The van der Waals surface area contributed by atoms with E-state index in [2.05, 4.69) is 56.5 Å². The van der Waals surface area contributed by atoms with Crippen molar-refractivity contribution < 1.29 is 19.1 Å². The quantitative estimate of drug-likeness (QED) is 0.148. The van der Waals surface area contributed by atoms with Gasteiger partial charge in [0.05, 0.1) is 6.61 Å². The van der Waals surface area contributed by atoms with E-state index in [0.717, 1.165) is 42.8 Å². The third-order valence-electron chi connectivity index (χ3n) is 7.11. The second-order valence-electron chi connectivity index (χ2n) is 10.7. The molecule has 0 saturated heterocycles. The lowest BCUT2D eigenvalue weighted by Crippen LogP contribution is -2.10. The normalized spacial score (nSPS) is 12.0. The number of ether oxygens (including phenoxy) is 2. The van der Waals surface area contributed by atoms with E-state index < -0.39 is 0 Å². The molecule has 1 aromatic heterocycles. The molecule has 5 heteroatoms. The summed E-state index contributed by atoms with van der Waals surface area (Å²) in [6, 6.07) is 18.3. The molecule has 0 spiro atoms. The molecule has 1 unspecified atom stereocenters. The zero-order valence-electron chi connectivity index (χ0n) is 24.6. The Balaban J connectivity index is 1.74. The summed E-state index contributed by atoms with van der Waals surface area (Å²) in [5.74, 6) is 1.19. The third kappa shape index (κ3) is 8.32. The van der Waals surface area contributed by atoms with Gasteiger partial charge < -0.3 is 14.0 Å². The van der Waals surface area contributed by atoms with Crippen molar-refractivity contribution >= 4 is 11.8 Å². The molecule has 3 aromatic rings. The van der Waals surface area contributed by atoms with E-state index >= 15 is 0 Å². The van der Waals surface area contributed by atoms with E-state index in [1.165, 1.54) is 11.1 Å². The molecule has 0 aliphatic heterocycles. The molecule has 0 fully saturated rings. The van der Waals surface area contributed by atoms with Crippen LogP contribution >= 0.6 is 0 Å². The Labute approximate surface area is 234 Å². The number of hydrogen-bond acceptors (Lipinski definition) is 4. The van der Waals surface area contributed by atoms with Crippen LogP contribution in [0.5, 0.6) is 5.75 Å². The first kappa shape index (κ1) is 30.2. The van der Waals surface area contributed by atoms with Gasteiger partial charge in [-0.25, -0.2) is 0 Å². The fraction of sp³-hybridized carbons (Fsp3) is 0.471. The lowest BCUT2D eigenvalue weighted by atomic mass is 9.98. The molecular weight excluding hydrogens is 486 g/mol. The summed E-state index contributed by atoms with van der Waals surface area (Å²) in [6.07, 6.45) is 5.44. The van der Waals surface area contributed by atoms with Gasteiger partial charge in [0, 0.05) is 36.0 Å². The first-order valence-corrected chi connectivity index (χ1v) is 14.5. The predicted molar refractivity (Wildman–Crippen MR) is 157 cm³/mol. The maximum atomic E-state index is 13.6. The largest absolute Gasteiger partial charge is 0.486 e. The average molecular weight is 532 g/mol. The number of rotatable bonds is 15. The lowest BCUT2D eigenvalue weighted by molar-refractivity contribution is -0.143. The monoisotopic (exact) mass is 531 g/mol. The van der Waals surface area contributed by atoms with Gasteiger partial charge in [-0.05, 0) is 86.4 Å². The van der Waals surface area contributed by atoms with Crippen LogP contribution in [0.25, 0.3) is 0 Å². The topological polar surface area (TPSA) is 57.5 Å². The summed E-state index contributed by atoms with van der Waals surface area (Å²) in [5.41, 5.74) is 5.92. The number of ketones is 1. The van der Waals surface area contributed by atoms with Crippen LogP contribution < -0.4 is 4.74 Å². The Morgan fingerprint density at radius 1 is 0.949 bits per heavy atom. The number of carbonyl (C=O) groups is 2. The minimum Gasteiger partial charge on any atom is -0.486 e. The van der Waals surface area contributed by atoms with Crippen molar-refractivity contribution in [1.82, 2.24) is 4.57 Å². The van der Waals surface area contributed by atoms with E-state index in [0.29, 0.717) is 42.9 Å². The van der Waals surface area contributed by atoms with Gasteiger partial charge in [0.25, 0.3) is 0 Å². The van der Waals surface area contributed by atoms with Crippen LogP contribution in [-0.4, -0.2) is 22.9 Å². The number of hydrogen-bond donors (Lipinski definition) is 0. The molecular formula is C34H45NO4. The molecule has 0 aliphatic carbocycles. The van der Waals surface area contributed by atoms with Crippen molar-refractivity contribution in [1.29, 1.82) is 0 Å². The summed E-state index contributed by atoms with van der Waals surface area (Å²) < 4.78 is 13.6. The maximum Gasteiger partial charge on any atom is 0.305 e. The van der Waals surface area contributed by atoms with E-state index in [1.54, 1.807) is 0 Å². The van der Waals surface area contributed by atoms with Crippen LogP contribution in [0.2, 0.25) is 0 Å². The second kappa shape index (κ2) is 14.7. The van der Waals surface area contributed by atoms with Crippen LogP contribution in [-0.2, 0) is 35.8 Å². The number of esters is 1. The van der Waals surface area contributed by atoms with E-state index in [-0.39, 0.29) is 17.9 Å². The van der Waals surface area contributed by atoms with Crippen molar-refractivity contribution in [3.8, 4) is 5.75 Å². The second-order valence-corrected chi connectivity index (χ2v) is 10.7. The summed E-state index contributed by atoms with van der Waals surface area (Å²) >= 11 is 0. The standard InChI is InChI=1S/C34H45NO4/c1-7-11-32(26-16-14-25(15-17-26)22-24(4)5)39-29-20-18-27(19-21-29)34(37)30-23-28(8-2)35(6)31(30)12-10-13-33(36)38-9-3/h14-21,23-24,32H,7-13,22H2,1-6H3. The first-order chi connectivity index (χ1) is 18.8. The van der Waals surface area contributed by atoms with Gasteiger partial charge in [-0.1, -0.05) is 58.4 Å². The molecule has 0 saturated carbocycles. The molecule has 0 N–H and O–H groups in total. The Morgan fingerprint density at radius 2 is 1.64 bits per heavy atom. The smallest absolute Gasteiger partial charge is 0.305 e. The minimum atomic E-state index is -0.196. The van der Waals surface area contributed by atoms with Crippen molar-refractivity contribution in [2.24, 2.45) is 13.0 Å². The number of carbonyl (C=O) groups excluding carboxylic acids is 2. The van der Waals surface area contributed by atoms with Crippen molar-refractivity contribution in [3.63, 3.8) is 0 Å².